The lowest BCUT2D eigenvalue weighted by Gasteiger charge is -2.16. The molecule has 0 saturated heterocycles. The van der Waals surface area contributed by atoms with Gasteiger partial charge in [-0.05, 0) is 24.5 Å². The van der Waals surface area contributed by atoms with Crippen LogP contribution in [-0.2, 0) is 13.6 Å². The smallest absolute Gasteiger partial charge is 0.0694 e. The Hall–Kier alpha value is -1.32. The maximum Gasteiger partial charge on any atom is 0.0694 e. The molecule has 3 nitrogen and oxygen atoms in total. The zero-order valence-electron chi connectivity index (χ0n) is 12.5. The van der Waals surface area contributed by atoms with E-state index in [1.165, 1.54) is 5.56 Å². The Kier molecular flexibility index (Phi) is 4.84. The highest BCUT2D eigenvalue weighted by molar-refractivity contribution is 6.31. The van der Waals surface area contributed by atoms with Crippen molar-refractivity contribution >= 4 is 11.6 Å². The van der Waals surface area contributed by atoms with Gasteiger partial charge in [-0.25, -0.2) is 0 Å². The lowest BCUT2D eigenvalue weighted by atomic mass is 10.1. The Morgan fingerprint density at radius 3 is 2.60 bits per heavy atom. The number of nitrogens with zero attached hydrogens (tertiary/aromatic N) is 2. The molecule has 1 unspecified atom stereocenters. The molecule has 2 aromatic rings. The van der Waals surface area contributed by atoms with Gasteiger partial charge in [0.05, 0.1) is 5.69 Å². The van der Waals surface area contributed by atoms with Gasteiger partial charge in [0, 0.05) is 36.4 Å². The Balaban J connectivity index is 2.07. The molecule has 108 valence electrons. The van der Waals surface area contributed by atoms with Gasteiger partial charge in [-0.15, -0.1) is 0 Å². The fourth-order valence-electron chi connectivity index (χ4n) is 2.38. The molecule has 0 aliphatic carbocycles. The van der Waals surface area contributed by atoms with Crippen LogP contribution in [0.1, 0.15) is 49.6 Å². The van der Waals surface area contributed by atoms with Crippen molar-refractivity contribution in [3.8, 4) is 0 Å². The fraction of sp³-hybridized carbons (Fsp3) is 0.438. The summed E-state index contributed by atoms with van der Waals surface area (Å²) in [6.07, 6.45) is 2.08. The van der Waals surface area contributed by atoms with E-state index in [4.69, 9.17) is 11.6 Å². The minimum Gasteiger partial charge on any atom is -0.306 e. The average molecular weight is 292 g/mol. The zero-order valence-corrected chi connectivity index (χ0v) is 13.3. The van der Waals surface area contributed by atoms with Crippen LogP contribution in [0.25, 0.3) is 0 Å². The third-order valence-corrected chi connectivity index (χ3v) is 3.80. The molecule has 2 rings (SSSR count). The van der Waals surface area contributed by atoms with Crippen LogP contribution in [0.4, 0.5) is 0 Å². The van der Waals surface area contributed by atoms with E-state index < -0.39 is 0 Å². The molecule has 0 fully saturated rings. The van der Waals surface area contributed by atoms with Gasteiger partial charge in [-0.1, -0.05) is 43.6 Å². The van der Waals surface area contributed by atoms with Crippen molar-refractivity contribution in [1.82, 2.24) is 15.1 Å². The van der Waals surface area contributed by atoms with E-state index >= 15 is 0 Å². The molecule has 0 saturated carbocycles. The van der Waals surface area contributed by atoms with Crippen LogP contribution in [0.2, 0.25) is 5.02 Å². The van der Waals surface area contributed by atoms with Gasteiger partial charge in [0.15, 0.2) is 0 Å². The molecule has 0 aliphatic rings. The van der Waals surface area contributed by atoms with Gasteiger partial charge in [-0.3, -0.25) is 4.68 Å². The molecule has 1 heterocycles. The van der Waals surface area contributed by atoms with Crippen molar-refractivity contribution in [3.63, 3.8) is 0 Å². The molecule has 1 N–H and O–H groups in total. The fourth-order valence-corrected chi connectivity index (χ4v) is 2.68. The van der Waals surface area contributed by atoms with Crippen LogP contribution in [0.5, 0.6) is 0 Å². The monoisotopic (exact) mass is 291 g/mol. The molecule has 0 bridgehead atoms. The number of hydrogen-bond acceptors (Lipinski definition) is 2. The first-order chi connectivity index (χ1) is 9.49. The number of rotatable bonds is 5. The molecular weight excluding hydrogens is 270 g/mol. The Morgan fingerprint density at radius 2 is 1.95 bits per heavy atom. The second kappa shape index (κ2) is 6.42. The first-order valence-electron chi connectivity index (χ1n) is 6.99. The highest BCUT2D eigenvalue weighted by Crippen LogP contribution is 2.23. The van der Waals surface area contributed by atoms with Gasteiger partial charge in [-0.2, -0.15) is 5.10 Å². The molecule has 4 heteroatoms. The second-order valence-corrected chi connectivity index (χ2v) is 5.90. The first kappa shape index (κ1) is 15.1. The van der Waals surface area contributed by atoms with Gasteiger partial charge < -0.3 is 5.32 Å². The molecule has 1 aromatic heterocycles. The topological polar surface area (TPSA) is 29.9 Å². The molecule has 1 aromatic carbocycles. The van der Waals surface area contributed by atoms with Crippen molar-refractivity contribution in [2.24, 2.45) is 7.05 Å². The Morgan fingerprint density at radius 1 is 1.25 bits per heavy atom. The van der Waals surface area contributed by atoms with E-state index in [1.54, 1.807) is 0 Å². The van der Waals surface area contributed by atoms with Gasteiger partial charge >= 0.3 is 0 Å². The van der Waals surface area contributed by atoms with E-state index in [0.717, 1.165) is 22.8 Å². The minimum atomic E-state index is 0.212. The van der Waals surface area contributed by atoms with Gasteiger partial charge in [0.1, 0.15) is 0 Å². The third-order valence-electron chi connectivity index (χ3n) is 3.45. The van der Waals surface area contributed by atoms with Crippen LogP contribution in [0.3, 0.4) is 0 Å². The van der Waals surface area contributed by atoms with Crippen molar-refractivity contribution in [1.29, 1.82) is 0 Å². The van der Waals surface area contributed by atoms with Crippen molar-refractivity contribution in [3.05, 3.63) is 52.3 Å². The molecule has 0 radical (unpaired) electrons. The summed E-state index contributed by atoms with van der Waals surface area (Å²) in [5.74, 6) is 0.434. The Labute approximate surface area is 126 Å². The predicted octanol–water partition coefficient (Wildman–Crippen LogP) is 4.05. The SMILES string of the molecule is CC(C)c1nn(C)cc1CNC(C)c1ccccc1Cl. The normalized spacial score (nSPS) is 12.9. The number of benzene rings is 1. The molecule has 1 atom stereocenters. The van der Waals surface area contributed by atoms with Crippen molar-refractivity contribution < 1.29 is 0 Å². The minimum absolute atomic E-state index is 0.212. The number of aryl methyl sites for hydroxylation is 1. The number of aromatic nitrogens is 2. The van der Waals surface area contributed by atoms with Crippen molar-refractivity contribution in [2.45, 2.75) is 39.3 Å². The second-order valence-electron chi connectivity index (χ2n) is 5.49. The van der Waals surface area contributed by atoms with E-state index in [1.807, 2.05) is 29.9 Å². The largest absolute Gasteiger partial charge is 0.306 e. The summed E-state index contributed by atoms with van der Waals surface area (Å²) in [5.41, 5.74) is 3.54. The average Bonchev–Trinajstić information content (AvgIpc) is 2.78. The summed E-state index contributed by atoms with van der Waals surface area (Å²) < 4.78 is 1.88. The summed E-state index contributed by atoms with van der Waals surface area (Å²) in [4.78, 5) is 0. The summed E-state index contributed by atoms with van der Waals surface area (Å²) in [6, 6.07) is 8.18. The molecular formula is C16H22ClN3. The molecule has 0 amide bonds. The zero-order chi connectivity index (χ0) is 14.7. The van der Waals surface area contributed by atoms with Crippen LogP contribution >= 0.6 is 11.6 Å². The van der Waals surface area contributed by atoms with Crippen molar-refractivity contribution in [2.75, 3.05) is 0 Å². The highest BCUT2D eigenvalue weighted by atomic mass is 35.5. The molecule has 0 spiro atoms. The highest BCUT2D eigenvalue weighted by Gasteiger charge is 2.13. The van der Waals surface area contributed by atoms with E-state index in [0.29, 0.717) is 5.92 Å². The Bertz CT molecular complexity index is 575. The first-order valence-corrected chi connectivity index (χ1v) is 7.37. The third kappa shape index (κ3) is 3.41. The quantitative estimate of drug-likeness (QED) is 0.901. The van der Waals surface area contributed by atoms with E-state index in [-0.39, 0.29) is 6.04 Å². The van der Waals surface area contributed by atoms with Crippen LogP contribution in [0.15, 0.2) is 30.5 Å². The summed E-state index contributed by atoms with van der Waals surface area (Å²) in [7, 11) is 1.97. The number of nitrogens with one attached hydrogen (secondary N) is 1. The predicted molar refractivity (Wildman–Crippen MR) is 84.0 cm³/mol. The van der Waals surface area contributed by atoms with Gasteiger partial charge in [0.25, 0.3) is 0 Å². The summed E-state index contributed by atoms with van der Waals surface area (Å²) in [6.45, 7) is 7.27. The maximum atomic E-state index is 6.23. The number of hydrogen-bond donors (Lipinski definition) is 1. The molecule has 0 aliphatic heterocycles. The maximum absolute atomic E-state index is 6.23. The summed E-state index contributed by atoms with van der Waals surface area (Å²) in [5, 5.41) is 8.86. The standard InChI is InChI=1S/C16H22ClN3/c1-11(2)16-13(10-20(4)19-16)9-18-12(3)14-7-5-6-8-15(14)17/h5-8,10-12,18H,9H2,1-4H3. The lowest BCUT2D eigenvalue weighted by Crippen LogP contribution is -2.19. The van der Waals surface area contributed by atoms with E-state index in [2.05, 4.69) is 43.4 Å². The summed E-state index contributed by atoms with van der Waals surface area (Å²) >= 11 is 6.23. The van der Waals surface area contributed by atoms with Crippen LogP contribution < -0.4 is 5.32 Å². The van der Waals surface area contributed by atoms with E-state index in [9.17, 15) is 0 Å². The lowest BCUT2D eigenvalue weighted by molar-refractivity contribution is 0.570. The van der Waals surface area contributed by atoms with Gasteiger partial charge in [0.2, 0.25) is 0 Å². The van der Waals surface area contributed by atoms with Crippen LogP contribution in [-0.4, -0.2) is 9.78 Å². The number of halogens is 1. The molecule has 20 heavy (non-hydrogen) atoms. The van der Waals surface area contributed by atoms with Crippen LogP contribution in [0, 0.1) is 0 Å².